The van der Waals surface area contributed by atoms with Gasteiger partial charge < -0.3 is 14.0 Å². The molecule has 0 radical (unpaired) electrons. The molecular formula is C18H14Cl2N2O4. The first-order valence-corrected chi connectivity index (χ1v) is 8.40. The Labute approximate surface area is 159 Å². The van der Waals surface area contributed by atoms with Crippen LogP contribution in [-0.4, -0.2) is 22.7 Å². The summed E-state index contributed by atoms with van der Waals surface area (Å²) >= 11 is 12.0. The van der Waals surface area contributed by atoms with Gasteiger partial charge in [0.15, 0.2) is 13.2 Å². The largest absolute Gasteiger partial charge is 0.482 e. The van der Waals surface area contributed by atoms with Gasteiger partial charge in [0, 0.05) is 10.6 Å². The molecule has 0 atom stereocenters. The van der Waals surface area contributed by atoms with Crippen LogP contribution in [0.15, 0.2) is 47.0 Å². The van der Waals surface area contributed by atoms with E-state index in [2.05, 4.69) is 10.1 Å². The van der Waals surface area contributed by atoms with Crippen molar-refractivity contribution in [3.05, 3.63) is 64.0 Å². The molecule has 0 spiro atoms. The van der Waals surface area contributed by atoms with Crippen molar-refractivity contribution in [3.63, 3.8) is 0 Å². The summed E-state index contributed by atoms with van der Waals surface area (Å²) in [4.78, 5) is 16.0. The minimum atomic E-state index is -0.558. The van der Waals surface area contributed by atoms with E-state index in [0.29, 0.717) is 27.2 Å². The van der Waals surface area contributed by atoms with Gasteiger partial charge in [-0.1, -0.05) is 40.5 Å². The molecule has 0 aliphatic rings. The lowest BCUT2D eigenvalue weighted by molar-refractivity contribution is -0.148. The topological polar surface area (TPSA) is 74.5 Å². The molecule has 1 aromatic heterocycles. The van der Waals surface area contributed by atoms with Crippen LogP contribution in [0.5, 0.6) is 5.75 Å². The van der Waals surface area contributed by atoms with Crippen molar-refractivity contribution in [2.24, 2.45) is 0 Å². The van der Waals surface area contributed by atoms with E-state index in [1.54, 1.807) is 36.4 Å². The number of ether oxygens (including phenoxy) is 2. The van der Waals surface area contributed by atoms with Crippen molar-refractivity contribution in [1.82, 2.24) is 10.1 Å². The third-order valence-corrected chi connectivity index (χ3v) is 3.99. The number of aromatic nitrogens is 2. The van der Waals surface area contributed by atoms with Crippen LogP contribution in [-0.2, 0) is 16.1 Å². The van der Waals surface area contributed by atoms with Gasteiger partial charge in [-0.25, -0.2) is 4.79 Å². The molecule has 3 rings (SSSR count). The van der Waals surface area contributed by atoms with Gasteiger partial charge in [0.05, 0.1) is 5.02 Å². The van der Waals surface area contributed by atoms with Crippen LogP contribution in [0.25, 0.3) is 11.4 Å². The van der Waals surface area contributed by atoms with Crippen molar-refractivity contribution in [1.29, 1.82) is 0 Å². The van der Waals surface area contributed by atoms with E-state index in [-0.39, 0.29) is 19.1 Å². The molecular weight excluding hydrogens is 379 g/mol. The Balaban J connectivity index is 1.53. The molecule has 0 N–H and O–H groups in total. The van der Waals surface area contributed by atoms with Gasteiger partial charge in [0.25, 0.3) is 5.89 Å². The van der Waals surface area contributed by atoms with Crippen molar-refractivity contribution >= 4 is 29.2 Å². The standard InChI is InChI=1S/C18H14Cl2N2O4/c1-11-8-12(19)6-7-15(11)24-10-17(23)25-9-16-21-18(22-26-16)13-4-2-3-5-14(13)20/h2-8H,9-10H2,1H3. The molecule has 0 amide bonds. The zero-order valence-corrected chi connectivity index (χ0v) is 15.3. The van der Waals surface area contributed by atoms with Gasteiger partial charge in [-0.05, 0) is 42.8 Å². The van der Waals surface area contributed by atoms with E-state index in [4.69, 9.17) is 37.2 Å². The molecule has 0 bridgehead atoms. The van der Waals surface area contributed by atoms with Crippen molar-refractivity contribution in [3.8, 4) is 17.1 Å². The van der Waals surface area contributed by atoms with Crippen LogP contribution >= 0.6 is 23.2 Å². The van der Waals surface area contributed by atoms with Crippen LogP contribution in [0.2, 0.25) is 10.0 Å². The second-order valence-corrected chi connectivity index (χ2v) is 6.19. The number of esters is 1. The molecule has 0 saturated heterocycles. The van der Waals surface area contributed by atoms with E-state index >= 15 is 0 Å². The number of aryl methyl sites for hydroxylation is 1. The Morgan fingerprint density at radius 3 is 2.77 bits per heavy atom. The number of benzene rings is 2. The molecule has 26 heavy (non-hydrogen) atoms. The molecule has 134 valence electrons. The Kier molecular flexibility index (Phi) is 5.75. The highest BCUT2D eigenvalue weighted by Gasteiger charge is 2.13. The fourth-order valence-electron chi connectivity index (χ4n) is 2.16. The summed E-state index contributed by atoms with van der Waals surface area (Å²) in [6.45, 7) is 1.44. The number of halogens is 2. The quantitative estimate of drug-likeness (QED) is 0.575. The highest BCUT2D eigenvalue weighted by molar-refractivity contribution is 6.33. The molecule has 0 aliphatic heterocycles. The van der Waals surface area contributed by atoms with E-state index < -0.39 is 5.97 Å². The van der Waals surface area contributed by atoms with E-state index in [1.807, 2.05) is 13.0 Å². The van der Waals surface area contributed by atoms with E-state index in [1.165, 1.54) is 0 Å². The van der Waals surface area contributed by atoms with Crippen LogP contribution in [0.1, 0.15) is 11.5 Å². The first-order chi connectivity index (χ1) is 12.5. The zero-order chi connectivity index (χ0) is 18.5. The third-order valence-electron chi connectivity index (χ3n) is 3.42. The van der Waals surface area contributed by atoms with E-state index in [9.17, 15) is 4.79 Å². The average Bonchev–Trinajstić information content (AvgIpc) is 3.08. The number of rotatable bonds is 6. The SMILES string of the molecule is Cc1cc(Cl)ccc1OCC(=O)OCc1nc(-c2ccccc2Cl)no1. The zero-order valence-electron chi connectivity index (χ0n) is 13.7. The summed E-state index contributed by atoms with van der Waals surface area (Å²) in [7, 11) is 0. The van der Waals surface area contributed by atoms with Gasteiger partial charge in [-0.3, -0.25) is 0 Å². The molecule has 0 unspecified atom stereocenters. The Morgan fingerprint density at radius 1 is 1.19 bits per heavy atom. The maximum absolute atomic E-state index is 11.8. The smallest absolute Gasteiger partial charge is 0.344 e. The van der Waals surface area contributed by atoms with Crippen molar-refractivity contribution in [2.75, 3.05) is 6.61 Å². The molecule has 3 aromatic rings. The lowest BCUT2D eigenvalue weighted by atomic mass is 10.2. The second-order valence-electron chi connectivity index (χ2n) is 5.35. The van der Waals surface area contributed by atoms with Crippen LogP contribution in [0, 0.1) is 6.92 Å². The van der Waals surface area contributed by atoms with Gasteiger partial charge in [-0.15, -0.1) is 0 Å². The van der Waals surface area contributed by atoms with Crippen LogP contribution < -0.4 is 4.74 Å². The summed E-state index contributed by atoms with van der Waals surface area (Å²) in [6, 6.07) is 12.2. The predicted octanol–water partition coefficient (Wildman–Crippen LogP) is 4.47. The molecule has 0 aliphatic carbocycles. The van der Waals surface area contributed by atoms with Crippen molar-refractivity contribution < 1.29 is 18.8 Å². The van der Waals surface area contributed by atoms with E-state index in [0.717, 1.165) is 5.56 Å². The summed E-state index contributed by atoms with van der Waals surface area (Å²) < 4.78 is 15.6. The second kappa shape index (κ2) is 8.21. The lowest BCUT2D eigenvalue weighted by Gasteiger charge is -2.08. The maximum atomic E-state index is 11.8. The number of hydrogen-bond donors (Lipinski definition) is 0. The number of carbonyl (C=O) groups excluding carboxylic acids is 1. The number of carbonyl (C=O) groups is 1. The lowest BCUT2D eigenvalue weighted by Crippen LogP contribution is -2.15. The Morgan fingerprint density at radius 2 is 2.00 bits per heavy atom. The van der Waals surface area contributed by atoms with Gasteiger partial charge in [-0.2, -0.15) is 4.98 Å². The average molecular weight is 393 g/mol. The minimum absolute atomic E-state index is 0.154. The predicted molar refractivity (Wildman–Crippen MR) is 96.2 cm³/mol. The summed E-state index contributed by atoms with van der Waals surface area (Å²) in [5.74, 6) is 0.493. The number of hydrogen-bond acceptors (Lipinski definition) is 6. The summed E-state index contributed by atoms with van der Waals surface area (Å²) in [5, 5.41) is 4.94. The highest BCUT2D eigenvalue weighted by Crippen LogP contribution is 2.25. The Hall–Kier alpha value is -2.57. The van der Waals surface area contributed by atoms with Crippen molar-refractivity contribution in [2.45, 2.75) is 13.5 Å². The molecule has 0 fully saturated rings. The Bertz CT molecular complexity index is 927. The van der Waals surface area contributed by atoms with Gasteiger partial charge >= 0.3 is 5.97 Å². The fraction of sp³-hybridized carbons (Fsp3) is 0.167. The highest BCUT2D eigenvalue weighted by atomic mass is 35.5. The minimum Gasteiger partial charge on any atom is -0.482 e. The molecule has 2 aromatic carbocycles. The molecule has 8 heteroatoms. The molecule has 0 saturated carbocycles. The maximum Gasteiger partial charge on any atom is 0.344 e. The summed E-state index contributed by atoms with van der Waals surface area (Å²) in [5.41, 5.74) is 1.46. The third kappa shape index (κ3) is 4.53. The monoisotopic (exact) mass is 392 g/mol. The molecule has 1 heterocycles. The van der Waals surface area contributed by atoms with Gasteiger partial charge in [0.1, 0.15) is 5.75 Å². The normalized spacial score (nSPS) is 10.6. The first-order valence-electron chi connectivity index (χ1n) is 7.65. The molecule has 6 nitrogen and oxygen atoms in total. The number of nitrogens with zero attached hydrogens (tertiary/aromatic N) is 2. The van der Waals surface area contributed by atoms with Gasteiger partial charge in [0.2, 0.25) is 5.82 Å². The first kappa shape index (κ1) is 18.2. The van der Waals surface area contributed by atoms with Crippen LogP contribution in [0.4, 0.5) is 0 Å². The fourth-order valence-corrected chi connectivity index (χ4v) is 2.61. The van der Waals surface area contributed by atoms with Crippen LogP contribution in [0.3, 0.4) is 0 Å². The summed E-state index contributed by atoms with van der Waals surface area (Å²) in [6.07, 6.45) is 0.